The van der Waals surface area contributed by atoms with E-state index in [-0.39, 0.29) is 5.91 Å². The zero-order valence-electron chi connectivity index (χ0n) is 14.1. The summed E-state index contributed by atoms with van der Waals surface area (Å²) in [5.41, 5.74) is 0.705. The first kappa shape index (κ1) is 16.9. The number of ether oxygens (including phenoxy) is 1. The van der Waals surface area contributed by atoms with Crippen molar-refractivity contribution in [3.8, 4) is 5.75 Å². The highest BCUT2D eigenvalue weighted by Crippen LogP contribution is 2.40. The van der Waals surface area contributed by atoms with Crippen LogP contribution < -0.4 is 10.1 Å². The molecule has 3 aromatic carbocycles. The third-order valence-corrected chi connectivity index (χ3v) is 5.79. The van der Waals surface area contributed by atoms with E-state index in [1.165, 1.54) is 11.3 Å². The van der Waals surface area contributed by atoms with Gasteiger partial charge in [-0.05, 0) is 48.0 Å². The quantitative estimate of drug-likeness (QED) is 0.446. The maximum absolute atomic E-state index is 12.7. The summed E-state index contributed by atoms with van der Waals surface area (Å²) >= 11 is 8.00. The van der Waals surface area contributed by atoms with E-state index in [9.17, 15) is 4.79 Å². The largest absolute Gasteiger partial charge is 0.494 e. The van der Waals surface area contributed by atoms with Crippen molar-refractivity contribution >= 4 is 55.4 Å². The van der Waals surface area contributed by atoms with Gasteiger partial charge in [-0.25, -0.2) is 0 Å². The van der Waals surface area contributed by atoms with E-state index in [4.69, 9.17) is 16.3 Å². The Labute approximate surface area is 160 Å². The van der Waals surface area contributed by atoms with E-state index < -0.39 is 0 Å². The molecule has 0 spiro atoms. The van der Waals surface area contributed by atoms with Crippen molar-refractivity contribution in [2.24, 2.45) is 0 Å². The van der Waals surface area contributed by atoms with Gasteiger partial charge in [0.25, 0.3) is 5.91 Å². The average Bonchev–Trinajstić information content (AvgIpc) is 3.01. The third-order valence-electron chi connectivity index (χ3n) is 4.15. The maximum Gasteiger partial charge on any atom is 0.267 e. The van der Waals surface area contributed by atoms with E-state index in [1.54, 1.807) is 0 Å². The highest BCUT2D eigenvalue weighted by molar-refractivity contribution is 7.22. The molecule has 0 saturated carbocycles. The Morgan fingerprint density at radius 2 is 1.85 bits per heavy atom. The summed E-state index contributed by atoms with van der Waals surface area (Å²) < 4.78 is 6.42. The second-order valence-electron chi connectivity index (χ2n) is 5.82. The summed E-state index contributed by atoms with van der Waals surface area (Å²) in [5.74, 6) is 0.571. The van der Waals surface area contributed by atoms with Crippen molar-refractivity contribution in [2.45, 2.75) is 6.92 Å². The van der Waals surface area contributed by atoms with Gasteiger partial charge >= 0.3 is 0 Å². The molecule has 1 heterocycles. The average molecular weight is 382 g/mol. The number of anilines is 1. The van der Waals surface area contributed by atoms with Crippen LogP contribution in [0.25, 0.3) is 20.9 Å². The number of fused-ring (bicyclic) bond motifs is 3. The smallest absolute Gasteiger partial charge is 0.267 e. The number of rotatable bonds is 4. The Kier molecular flexibility index (Phi) is 4.53. The predicted octanol–water partition coefficient (Wildman–Crippen LogP) is 6.36. The van der Waals surface area contributed by atoms with Gasteiger partial charge in [0, 0.05) is 15.8 Å². The van der Waals surface area contributed by atoms with Gasteiger partial charge in [0.2, 0.25) is 0 Å². The van der Waals surface area contributed by atoms with E-state index in [0.717, 1.165) is 26.6 Å². The fraction of sp³-hybridized carbons (Fsp3) is 0.0952. The zero-order chi connectivity index (χ0) is 18.1. The summed E-state index contributed by atoms with van der Waals surface area (Å²) in [6.45, 7) is 2.54. The number of carbonyl (C=O) groups excluding carboxylic acids is 1. The molecule has 4 rings (SSSR count). The number of amides is 1. The van der Waals surface area contributed by atoms with Crippen LogP contribution in [0.5, 0.6) is 5.75 Å². The standard InChI is InChI=1S/C21H16ClNO2S/c1-2-25-15-10-8-14(9-11-15)23-21(24)20-19(22)18-16-6-4-3-5-13(16)7-12-17(18)26-20/h3-12H,2H2,1H3,(H,23,24). The van der Waals surface area contributed by atoms with E-state index in [0.29, 0.717) is 22.2 Å². The van der Waals surface area contributed by atoms with Crippen molar-refractivity contribution in [2.75, 3.05) is 11.9 Å². The lowest BCUT2D eigenvalue weighted by atomic mass is 10.1. The molecule has 1 aromatic heterocycles. The fourth-order valence-corrected chi connectivity index (χ4v) is 4.43. The van der Waals surface area contributed by atoms with Gasteiger partial charge < -0.3 is 10.1 Å². The molecule has 3 nitrogen and oxygen atoms in total. The molecule has 4 aromatic rings. The Bertz CT molecular complexity index is 1100. The lowest BCUT2D eigenvalue weighted by Crippen LogP contribution is -2.10. The SMILES string of the molecule is CCOc1ccc(NC(=O)c2sc3ccc4ccccc4c3c2Cl)cc1. The number of hydrogen-bond acceptors (Lipinski definition) is 3. The summed E-state index contributed by atoms with van der Waals surface area (Å²) in [5, 5.41) is 6.52. The monoisotopic (exact) mass is 381 g/mol. The van der Waals surface area contributed by atoms with Crippen molar-refractivity contribution in [3.05, 3.63) is 70.6 Å². The number of benzene rings is 3. The molecular weight excluding hydrogens is 366 g/mol. The lowest BCUT2D eigenvalue weighted by molar-refractivity contribution is 0.103. The van der Waals surface area contributed by atoms with Crippen LogP contribution in [0.4, 0.5) is 5.69 Å². The maximum atomic E-state index is 12.7. The van der Waals surface area contributed by atoms with Crippen molar-refractivity contribution < 1.29 is 9.53 Å². The van der Waals surface area contributed by atoms with Crippen LogP contribution in [-0.2, 0) is 0 Å². The van der Waals surface area contributed by atoms with Gasteiger partial charge in [0.05, 0.1) is 11.6 Å². The number of thiophene rings is 1. The Morgan fingerprint density at radius 3 is 2.62 bits per heavy atom. The van der Waals surface area contributed by atoms with Gasteiger partial charge in [-0.15, -0.1) is 11.3 Å². The predicted molar refractivity (Wildman–Crippen MR) is 110 cm³/mol. The van der Waals surface area contributed by atoms with Crippen LogP contribution >= 0.6 is 22.9 Å². The molecule has 1 amide bonds. The second-order valence-corrected chi connectivity index (χ2v) is 7.25. The number of carbonyl (C=O) groups is 1. The van der Waals surface area contributed by atoms with Crippen LogP contribution in [0.15, 0.2) is 60.7 Å². The molecule has 0 bridgehead atoms. The minimum atomic E-state index is -0.204. The molecule has 1 N–H and O–H groups in total. The molecular formula is C21H16ClNO2S. The van der Waals surface area contributed by atoms with Crippen LogP contribution in [0.2, 0.25) is 5.02 Å². The number of nitrogens with one attached hydrogen (secondary N) is 1. The Morgan fingerprint density at radius 1 is 1.08 bits per heavy atom. The summed E-state index contributed by atoms with van der Waals surface area (Å²) in [7, 11) is 0. The first-order valence-corrected chi connectivity index (χ1v) is 9.51. The normalized spacial score (nSPS) is 11.0. The highest BCUT2D eigenvalue weighted by Gasteiger charge is 2.19. The number of hydrogen-bond donors (Lipinski definition) is 1. The Balaban J connectivity index is 1.68. The van der Waals surface area contributed by atoms with Gasteiger partial charge in [-0.1, -0.05) is 41.9 Å². The molecule has 130 valence electrons. The molecule has 0 fully saturated rings. The summed E-state index contributed by atoms with van der Waals surface area (Å²) in [4.78, 5) is 13.3. The highest BCUT2D eigenvalue weighted by atomic mass is 35.5. The topological polar surface area (TPSA) is 38.3 Å². The number of halogens is 1. The minimum Gasteiger partial charge on any atom is -0.494 e. The molecule has 5 heteroatoms. The molecule has 0 atom stereocenters. The van der Waals surface area contributed by atoms with Gasteiger partial charge in [-0.2, -0.15) is 0 Å². The van der Waals surface area contributed by atoms with Crippen LogP contribution in [-0.4, -0.2) is 12.5 Å². The second kappa shape index (κ2) is 6.98. The van der Waals surface area contributed by atoms with Gasteiger partial charge in [0.15, 0.2) is 0 Å². The van der Waals surface area contributed by atoms with Gasteiger partial charge in [-0.3, -0.25) is 4.79 Å². The van der Waals surface area contributed by atoms with Crippen LogP contribution in [0.3, 0.4) is 0 Å². The van der Waals surface area contributed by atoms with Crippen LogP contribution in [0, 0.1) is 0 Å². The van der Waals surface area contributed by atoms with Crippen molar-refractivity contribution in [1.82, 2.24) is 0 Å². The molecule has 0 aliphatic rings. The van der Waals surface area contributed by atoms with E-state index in [2.05, 4.69) is 11.4 Å². The van der Waals surface area contributed by atoms with Crippen molar-refractivity contribution in [3.63, 3.8) is 0 Å². The molecule has 0 aliphatic carbocycles. The molecule has 0 radical (unpaired) electrons. The van der Waals surface area contributed by atoms with Crippen LogP contribution in [0.1, 0.15) is 16.6 Å². The summed E-state index contributed by atoms with van der Waals surface area (Å²) in [6, 6.07) is 19.4. The van der Waals surface area contributed by atoms with Gasteiger partial charge in [0.1, 0.15) is 10.6 Å². The lowest BCUT2D eigenvalue weighted by Gasteiger charge is -2.06. The van der Waals surface area contributed by atoms with E-state index >= 15 is 0 Å². The third kappa shape index (κ3) is 3.02. The fourth-order valence-electron chi connectivity index (χ4n) is 2.97. The molecule has 0 unspecified atom stereocenters. The first-order chi connectivity index (χ1) is 12.7. The zero-order valence-corrected chi connectivity index (χ0v) is 15.7. The molecule has 0 saturated heterocycles. The van der Waals surface area contributed by atoms with Crippen molar-refractivity contribution in [1.29, 1.82) is 0 Å². The molecule has 0 aliphatic heterocycles. The molecule has 26 heavy (non-hydrogen) atoms. The summed E-state index contributed by atoms with van der Waals surface area (Å²) in [6.07, 6.45) is 0. The minimum absolute atomic E-state index is 0.204. The first-order valence-electron chi connectivity index (χ1n) is 8.31. The Hall–Kier alpha value is -2.56. The van der Waals surface area contributed by atoms with E-state index in [1.807, 2.05) is 61.5 Å².